The topological polar surface area (TPSA) is 64.4 Å². The van der Waals surface area contributed by atoms with Gasteiger partial charge >= 0.3 is 112 Å². The predicted molar refractivity (Wildman–Crippen MR) is 80.7 cm³/mol. The molecule has 0 saturated carbocycles. The van der Waals surface area contributed by atoms with Gasteiger partial charge in [-0.3, -0.25) is 0 Å². The fraction of sp³-hybridized carbons (Fsp3) is 0.923. The van der Waals surface area contributed by atoms with Crippen molar-refractivity contribution in [2.24, 2.45) is 14.7 Å². The fourth-order valence-electron chi connectivity index (χ4n) is 2.33. The molecule has 0 aromatic heterocycles. The van der Waals surface area contributed by atoms with Gasteiger partial charge < -0.3 is 0 Å². The number of hydrogen-bond acceptors (Lipinski definition) is 1. The van der Waals surface area contributed by atoms with E-state index < -0.39 is 18.7 Å². The van der Waals surface area contributed by atoms with Crippen LogP contribution in [0.1, 0.15) is 59.3 Å². The summed E-state index contributed by atoms with van der Waals surface area (Å²) >= 11 is -2.40. The average molecular weight is 348 g/mol. The van der Waals surface area contributed by atoms with Gasteiger partial charge in [0.25, 0.3) is 0 Å². The first kappa shape index (κ1) is 17.1. The van der Waals surface area contributed by atoms with Crippen LogP contribution in [-0.2, 0) is 0 Å². The molecule has 0 radical (unpaired) electrons. The van der Waals surface area contributed by atoms with Crippen LogP contribution in [0.3, 0.4) is 0 Å². The number of unbranched alkanes of at least 4 members (excludes halogenated alkanes) is 3. The summed E-state index contributed by atoms with van der Waals surface area (Å²) in [5.74, 6) is 0.351. The molecule has 0 heterocycles. The van der Waals surface area contributed by atoms with E-state index in [4.69, 9.17) is 14.7 Å². The van der Waals surface area contributed by atoms with E-state index in [1.807, 2.05) is 0 Å². The molecule has 0 fully saturated rings. The third kappa shape index (κ3) is 7.90. The molecule has 0 aromatic carbocycles. The SMILES string of the molecule is CCC[CH2][Sn]([CH2]CCC)([CH2]CCC)[N]=C(N)N. The van der Waals surface area contributed by atoms with Crippen LogP contribution < -0.4 is 11.5 Å². The molecule has 4 N–H and O–H groups in total. The molecule has 0 atom stereocenters. The van der Waals surface area contributed by atoms with E-state index in [0.717, 1.165) is 0 Å². The van der Waals surface area contributed by atoms with Crippen LogP contribution >= 0.6 is 0 Å². The molecule has 0 aromatic rings. The van der Waals surface area contributed by atoms with E-state index in [9.17, 15) is 0 Å². The Balaban J connectivity index is 4.70. The van der Waals surface area contributed by atoms with Crippen LogP contribution in [0, 0.1) is 0 Å². The molecule has 102 valence electrons. The van der Waals surface area contributed by atoms with Gasteiger partial charge in [0.15, 0.2) is 0 Å². The Bertz CT molecular complexity index is 191. The zero-order valence-corrected chi connectivity index (χ0v) is 14.8. The molecule has 4 heteroatoms. The van der Waals surface area contributed by atoms with E-state index in [1.54, 1.807) is 0 Å². The van der Waals surface area contributed by atoms with Gasteiger partial charge in [-0.15, -0.1) is 0 Å². The van der Waals surface area contributed by atoms with Gasteiger partial charge in [0, 0.05) is 0 Å². The second-order valence-corrected chi connectivity index (χ2v) is 17.0. The van der Waals surface area contributed by atoms with Crippen molar-refractivity contribution in [3.05, 3.63) is 0 Å². The summed E-state index contributed by atoms with van der Waals surface area (Å²) in [6.07, 6.45) is 7.70. The standard InChI is InChI=1S/3C4H9.CH4N3.Sn/c3*1-3-4-2;2-1(3)4;/h3*1,3-4H2,2H3;(H4-,2,3,4);/q;;;-1;+1. The van der Waals surface area contributed by atoms with Gasteiger partial charge in [-0.05, 0) is 0 Å². The Morgan fingerprint density at radius 3 is 1.41 bits per heavy atom. The van der Waals surface area contributed by atoms with Gasteiger partial charge in [0.05, 0.1) is 0 Å². The van der Waals surface area contributed by atoms with E-state index in [-0.39, 0.29) is 0 Å². The van der Waals surface area contributed by atoms with Gasteiger partial charge in [-0.25, -0.2) is 0 Å². The number of rotatable bonds is 10. The molecular formula is C13H31N3Sn. The van der Waals surface area contributed by atoms with E-state index in [2.05, 4.69) is 20.8 Å². The monoisotopic (exact) mass is 349 g/mol. The van der Waals surface area contributed by atoms with Crippen molar-refractivity contribution in [1.29, 1.82) is 0 Å². The molecule has 0 saturated heterocycles. The second kappa shape index (κ2) is 10.0. The van der Waals surface area contributed by atoms with Crippen molar-refractivity contribution < 1.29 is 0 Å². The number of nitrogens with two attached hydrogens (primary N) is 2. The molecule has 3 nitrogen and oxygen atoms in total. The minimum absolute atomic E-state index is 0.351. The number of hydrogen-bond donors (Lipinski definition) is 2. The quantitative estimate of drug-likeness (QED) is 0.360. The molecule has 0 bridgehead atoms. The Hall–Kier alpha value is 0.0687. The van der Waals surface area contributed by atoms with Crippen LogP contribution in [0.4, 0.5) is 0 Å². The van der Waals surface area contributed by atoms with Crippen LogP contribution in [0.2, 0.25) is 13.3 Å². The number of nitrogens with zero attached hydrogens (tertiary/aromatic N) is 1. The summed E-state index contributed by atoms with van der Waals surface area (Å²) in [6.45, 7) is 6.77. The van der Waals surface area contributed by atoms with E-state index >= 15 is 0 Å². The van der Waals surface area contributed by atoms with Crippen LogP contribution in [0.5, 0.6) is 0 Å². The average Bonchev–Trinajstić information content (AvgIpc) is 2.30. The normalized spacial score (nSPS) is 11.5. The summed E-state index contributed by atoms with van der Waals surface area (Å²) < 4.78 is 8.81. The summed E-state index contributed by atoms with van der Waals surface area (Å²) in [6, 6.07) is 0. The summed E-state index contributed by atoms with van der Waals surface area (Å²) in [5.41, 5.74) is 11.3. The molecule has 0 spiro atoms. The van der Waals surface area contributed by atoms with Crippen LogP contribution in [0.25, 0.3) is 0 Å². The van der Waals surface area contributed by atoms with Crippen molar-refractivity contribution in [2.45, 2.75) is 72.6 Å². The van der Waals surface area contributed by atoms with Gasteiger partial charge in [-0.1, -0.05) is 0 Å². The first-order valence-electron chi connectivity index (χ1n) is 7.21. The van der Waals surface area contributed by atoms with Crippen molar-refractivity contribution in [3.8, 4) is 0 Å². The maximum absolute atomic E-state index is 5.67. The Labute approximate surface area is 112 Å². The molecule has 0 aliphatic carbocycles. The first-order chi connectivity index (χ1) is 8.10. The summed E-state index contributed by atoms with van der Waals surface area (Å²) in [4.78, 5) is 0. The third-order valence-electron chi connectivity index (χ3n) is 3.35. The zero-order chi connectivity index (χ0) is 13.1. The first-order valence-corrected chi connectivity index (χ1v) is 14.5. The molecule has 0 rings (SSSR count). The summed E-state index contributed by atoms with van der Waals surface area (Å²) in [7, 11) is 0. The van der Waals surface area contributed by atoms with Crippen LogP contribution in [-0.4, -0.2) is 24.6 Å². The second-order valence-electron chi connectivity index (χ2n) is 5.07. The predicted octanol–water partition coefficient (Wildman–Crippen LogP) is 3.61. The third-order valence-corrected chi connectivity index (χ3v) is 16.4. The Morgan fingerprint density at radius 1 is 0.824 bits per heavy atom. The van der Waals surface area contributed by atoms with Gasteiger partial charge in [-0.2, -0.15) is 0 Å². The van der Waals surface area contributed by atoms with E-state index in [1.165, 1.54) is 51.8 Å². The Morgan fingerprint density at radius 2 is 1.18 bits per heavy atom. The fourth-order valence-corrected chi connectivity index (χ4v) is 15.7. The van der Waals surface area contributed by atoms with Crippen molar-refractivity contribution in [1.82, 2.24) is 0 Å². The van der Waals surface area contributed by atoms with E-state index in [0.29, 0.717) is 5.96 Å². The van der Waals surface area contributed by atoms with Crippen molar-refractivity contribution >= 4 is 24.6 Å². The van der Waals surface area contributed by atoms with Crippen molar-refractivity contribution in [3.63, 3.8) is 0 Å². The minimum atomic E-state index is -2.40. The summed E-state index contributed by atoms with van der Waals surface area (Å²) in [5, 5.41) is 0. The Kier molecular flexibility index (Phi) is 10.1. The van der Waals surface area contributed by atoms with Gasteiger partial charge in [0.1, 0.15) is 0 Å². The molecule has 17 heavy (non-hydrogen) atoms. The molecule has 0 unspecified atom stereocenters. The maximum atomic E-state index is 5.67. The molecule has 0 aliphatic rings. The molecule has 0 aliphatic heterocycles. The molecule has 0 amide bonds. The van der Waals surface area contributed by atoms with Crippen LogP contribution in [0.15, 0.2) is 3.21 Å². The zero-order valence-electron chi connectivity index (χ0n) is 12.0. The number of guanidine groups is 1. The van der Waals surface area contributed by atoms with Gasteiger partial charge in [0.2, 0.25) is 0 Å². The molecular weight excluding hydrogens is 317 g/mol. The van der Waals surface area contributed by atoms with Crippen molar-refractivity contribution in [2.75, 3.05) is 0 Å².